The van der Waals surface area contributed by atoms with E-state index in [9.17, 15) is 9.59 Å². The molecule has 0 spiro atoms. The molecule has 0 aliphatic rings. The fourth-order valence-electron chi connectivity index (χ4n) is 1.44. The van der Waals surface area contributed by atoms with Crippen LogP contribution in [0.1, 0.15) is 43.6 Å². The number of hydrogen-bond donors (Lipinski definition) is 0. The summed E-state index contributed by atoms with van der Waals surface area (Å²) in [6.45, 7) is 8.81. The minimum Gasteiger partial charge on any atom is -0.390 e. The molecular weight excluding hydrogens is 375 g/mol. The smallest absolute Gasteiger partial charge is 0.346 e. The molecule has 0 saturated heterocycles. The topological polar surface area (TPSA) is 61.8 Å². The second-order valence-corrected chi connectivity index (χ2v) is 7.00. The predicted octanol–water partition coefficient (Wildman–Crippen LogP) is 2.28. The van der Waals surface area contributed by atoms with Crippen LogP contribution in [0.4, 0.5) is 0 Å². The van der Waals surface area contributed by atoms with Crippen LogP contribution in [0.3, 0.4) is 0 Å². The number of rotatable bonds is 6. The van der Waals surface area contributed by atoms with E-state index < -0.39 is 35.7 Å². The van der Waals surface area contributed by atoms with Gasteiger partial charge in [0.05, 0.1) is 5.56 Å². The van der Waals surface area contributed by atoms with Gasteiger partial charge < -0.3 is 4.74 Å². The molecule has 0 atom stereocenters. The SMILES string of the molecule is CC[O][InH][O]CC.CCc1ccccc1C(=O)OC(C)=O. The van der Waals surface area contributed by atoms with Gasteiger partial charge in [0.1, 0.15) is 0 Å². The van der Waals surface area contributed by atoms with Gasteiger partial charge in [-0.1, -0.05) is 25.1 Å². The van der Waals surface area contributed by atoms with Gasteiger partial charge in [0, 0.05) is 6.92 Å². The molecule has 1 aromatic carbocycles. The third kappa shape index (κ3) is 9.66. The van der Waals surface area contributed by atoms with Crippen LogP contribution < -0.4 is 0 Å². The quantitative estimate of drug-likeness (QED) is 0.418. The molecular formula is C15H23InO5. The summed E-state index contributed by atoms with van der Waals surface area (Å²) in [5.41, 5.74) is 1.35. The van der Waals surface area contributed by atoms with Crippen molar-refractivity contribution in [3.63, 3.8) is 0 Å². The summed E-state index contributed by atoms with van der Waals surface area (Å²) in [7, 11) is 0. The van der Waals surface area contributed by atoms with Gasteiger partial charge in [0.15, 0.2) is 0 Å². The molecule has 0 amide bonds. The molecule has 0 bridgehead atoms. The first-order chi connectivity index (χ1) is 10.1. The minimum atomic E-state index is -1.11. The van der Waals surface area contributed by atoms with E-state index in [4.69, 9.17) is 5.71 Å². The van der Waals surface area contributed by atoms with Crippen molar-refractivity contribution < 1.29 is 20.0 Å². The van der Waals surface area contributed by atoms with Crippen LogP contribution in [0.25, 0.3) is 0 Å². The monoisotopic (exact) mass is 398 g/mol. The van der Waals surface area contributed by atoms with E-state index in [1.807, 2.05) is 32.9 Å². The summed E-state index contributed by atoms with van der Waals surface area (Å²) in [5, 5.41) is 0. The van der Waals surface area contributed by atoms with Crippen molar-refractivity contribution in [2.24, 2.45) is 0 Å². The zero-order valence-electron chi connectivity index (χ0n) is 13.2. The van der Waals surface area contributed by atoms with E-state index in [1.165, 1.54) is 6.92 Å². The van der Waals surface area contributed by atoms with E-state index in [0.29, 0.717) is 5.56 Å². The average molecular weight is 398 g/mol. The largest absolute Gasteiger partial charge is 0.390 e. The summed E-state index contributed by atoms with van der Waals surface area (Å²) in [5.74, 6) is -1.16. The summed E-state index contributed by atoms with van der Waals surface area (Å²) < 4.78 is 14.6. The summed E-state index contributed by atoms with van der Waals surface area (Å²) >= 11 is -1.11. The Bertz CT molecular complexity index is 430. The van der Waals surface area contributed by atoms with Crippen LogP contribution in [0.5, 0.6) is 0 Å². The van der Waals surface area contributed by atoms with Crippen molar-refractivity contribution in [2.45, 2.75) is 34.1 Å². The summed E-state index contributed by atoms with van der Waals surface area (Å²) in [6, 6.07) is 7.10. The summed E-state index contributed by atoms with van der Waals surface area (Å²) in [4.78, 5) is 22.0. The van der Waals surface area contributed by atoms with Crippen molar-refractivity contribution in [1.82, 2.24) is 0 Å². The Morgan fingerprint density at radius 1 is 1.05 bits per heavy atom. The van der Waals surface area contributed by atoms with Gasteiger partial charge in [-0.15, -0.1) is 0 Å². The van der Waals surface area contributed by atoms with E-state index in [1.54, 1.807) is 12.1 Å². The Balaban J connectivity index is 0.000000486. The number of carbonyl (C=O) groups excluding carboxylic acids is 2. The molecule has 0 aliphatic heterocycles. The van der Waals surface area contributed by atoms with Crippen LogP contribution in [0, 0.1) is 0 Å². The number of carbonyl (C=O) groups is 2. The van der Waals surface area contributed by atoms with Crippen LogP contribution in [-0.4, -0.2) is 48.9 Å². The third-order valence-corrected chi connectivity index (χ3v) is 5.71. The Morgan fingerprint density at radius 2 is 1.62 bits per heavy atom. The molecule has 5 nitrogen and oxygen atoms in total. The first kappa shape index (κ1) is 20.2. The normalized spacial score (nSPS) is 9.33. The average Bonchev–Trinajstić information content (AvgIpc) is 2.47. The molecule has 0 heterocycles. The molecule has 21 heavy (non-hydrogen) atoms. The second-order valence-electron chi connectivity index (χ2n) is 4.00. The number of hydrogen-bond acceptors (Lipinski definition) is 5. The number of aryl methyl sites for hydroxylation is 1. The number of esters is 2. The maximum Gasteiger partial charge on any atom is 0.346 e. The van der Waals surface area contributed by atoms with Crippen LogP contribution in [-0.2, 0) is 21.7 Å². The molecule has 0 aromatic heterocycles. The number of benzene rings is 1. The van der Waals surface area contributed by atoms with E-state index in [0.717, 1.165) is 25.2 Å². The Morgan fingerprint density at radius 3 is 2.10 bits per heavy atom. The Labute approximate surface area is 138 Å². The van der Waals surface area contributed by atoms with Crippen LogP contribution in [0.15, 0.2) is 24.3 Å². The van der Waals surface area contributed by atoms with Gasteiger partial charge in [0.25, 0.3) is 0 Å². The van der Waals surface area contributed by atoms with Crippen molar-refractivity contribution in [2.75, 3.05) is 13.2 Å². The van der Waals surface area contributed by atoms with Gasteiger partial charge in [0.2, 0.25) is 0 Å². The Hall–Kier alpha value is -0.850. The molecule has 116 valence electrons. The van der Waals surface area contributed by atoms with E-state index in [-0.39, 0.29) is 0 Å². The molecule has 1 rings (SSSR count). The van der Waals surface area contributed by atoms with Gasteiger partial charge in [-0.3, -0.25) is 4.79 Å². The van der Waals surface area contributed by atoms with Crippen LogP contribution in [0.2, 0.25) is 0 Å². The first-order valence-electron chi connectivity index (χ1n) is 7.02. The minimum absolute atomic E-state index is 0.463. The van der Waals surface area contributed by atoms with Crippen molar-refractivity contribution in [1.29, 1.82) is 0 Å². The molecule has 0 fully saturated rings. The molecule has 1 aromatic rings. The zero-order chi connectivity index (χ0) is 16.1. The molecule has 0 radical (unpaired) electrons. The van der Waals surface area contributed by atoms with Gasteiger partial charge in [-0.2, -0.15) is 0 Å². The molecule has 0 N–H and O–H groups in total. The predicted molar refractivity (Wildman–Crippen MR) is 82.3 cm³/mol. The Kier molecular flexibility index (Phi) is 12.3. The van der Waals surface area contributed by atoms with Gasteiger partial charge in [-0.05, 0) is 18.1 Å². The molecule has 6 heteroatoms. The standard InChI is InChI=1S/C11H12O3.2C2H5O.In.H/c1-3-9-6-4-5-7-10(9)11(13)14-8(2)12;2*1-2-3;;/h4-7H,3H2,1-2H3;2*2H2,1H3;;/q;2*-1;+2;. The fraction of sp³-hybridized carbons (Fsp3) is 0.467. The fourth-order valence-corrected chi connectivity index (χ4v) is 2.73. The van der Waals surface area contributed by atoms with Gasteiger partial charge >= 0.3 is 68.5 Å². The van der Waals surface area contributed by atoms with E-state index in [2.05, 4.69) is 4.74 Å². The van der Waals surface area contributed by atoms with Crippen LogP contribution >= 0.6 is 0 Å². The molecule has 0 saturated carbocycles. The van der Waals surface area contributed by atoms with Crippen molar-refractivity contribution in [3.05, 3.63) is 35.4 Å². The summed E-state index contributed by atoms with van der Waals surface area (Å²) in [6.07, 6.45) is 0.739. The molecule has 0 unspecified atom stereocenters. The van der Waals surface area contributed by atoms with Crippen molar-refractivity contribution in [3.8, 4) is 0 Å². The van der Waals surface area contributed by atoms with E-state index >= 15 is 0 Å². The van der Waals surface area contributed by atoms with Crippen molar-refractivity contribution >= 4 is 35.7 Å². The second kappa shape index (κ2) is 12.9. The third-order valence-electron chi connectivity index (χ3n) is 2.43. The first-order valence-corrected chi connectivity index (χ1v) is 10.3. The maximum atomic E-state index is 11.4. The zero-order valence-corrected chi connectivity index (χ0v) is 17.2. The number of ether oxygens (including phenoxy) is 1. The molecule has 0 aliphatic carbocycles. The maximum absolute atomic E-state index is 11.4. The van der Waals surface area contributed by atoms with Gasteiger partial charge in [-0.25, -0.2) is 4.79 Å².